The minimum atomic E-state index is -0.0487. The van der Waals surface area contributed by atoms with Gasteiger partial charge in [0.25, 0.3) is 5.56 Å². The summed E-state index contributed by atoms with van der Waals surface area (Å²) in [6.07, 6.45) is 3.09. The summed E-state index contributed by atoms with van der Waals surface area (Å²) >= 11 is 0. The fraction of sp³-hybridized carbons (Fsp3) is 0.526. The number of nitrogens with zero attached hydrogens (tertiary/aromatic N) is 1. The van der Waals surface area contributed by atoms with Crippen LogP contribution in [0, 0.1) is 5.41 Å². The summed E-state index contributed by atoms with van der Waals surface area (Å²) in [4.78, 5) is 17.7. The lowest BCUT2D eigenvalue weighted by Crippen LogP contribution is -2.45. The van der Waals surface area contributed by atoms with Gasteiger partial charge in [-0.05, 0) is 49.4 Å². The molecule has 0 aliphatic carbocycles. The van der Waals surface area contributed by atoms with Crippen LogP contribution < -0.4 is 10.3 Å². The summed E-state index contributed by atoms with van der Waals surface area (Å²) in [6.45, 7) is 4.80. The Labute approximate surface area is 142 Å². The van der Waals surface area contributed by atoms with Crippen molar-refractivity contribution in [3.05, 3.63) is 40.2 Å². The van der Waals surface area contributed by atoms with Crippen LogP contribution in [0.2, 0.25) is 0 Å². The van der Waals surface area contributed by atoms with Crippen LogP contribution in [-0.2, 0) is 6.54 Å². The highest BCUT2D eigenvalue weighted by Crippen LogP contribution is 2.33. The predicted octanol–water partition coefficient (Wildman–Crippen LogP) is 2.52. The molecule has 0 saturated carbocycles. The standard InChI is InChI=1S/C19H26N2O3/c1-3-19(13-22)7-4-8-21(12-19)11-15-9-14-5-6-16(24-2)10-17(14)20-18(15)23/h5-6,9-10,22H,3-4,7-8,11-13H2,1-2H3,(H,20,23). The zero-order chi connectivity index (χ0) is 17.2. The molecule has 1 saturated heterocycles. The lowest BCUT2D eigenvalue weighted by molar-refractivity contribution is 0.0257. The van der Waals surface area contributed by atoms with Crippen molar-refractivity contribution in [3.8, 4) is 5.75 Å². The molecule has 0 spiro atoms. The van der Waals surface area contributed by atoms with Gasteiger partial charge in [-0.2, -0.15) is 0 Å². The van der Waals surface area contributed by atoms with Crippen LogP contribution in [0.5, 0.6) is 5.75 Å². The van der Waals surface area contributed by atoms with E-state index in [9.17, 15) is 9.90 Å². The monoisotopic (exact) mass is 330 g/mol. The molecule has 1 atom stereocenters. The molecule has 1 aromatic carbocycles. The lowest BCUT2D eigenvalue weighted by atomic mass is 9.78. The first-order chi connectivity index (χ1) is 11.6. The maximum atomic E-state index is 12.4. The van der Waals surface area contributed by atoms with Crippen molar-refractivity contribution in [2.24, 2.45) is 5.41 Å². The molecule has 130 valence electrons. The van der Waals surface area contributed by atoms with Crippen molar-refractivity contribution in [1.29, 1.82) is 0 Å². The van der Waals surface area contributed by atoms with Gasteiger partial charge in [0.2, 0.25) is 0 Å². The number of aromatic nitrogens is 1. The molecule has 0 bridgehead atoms. The topological polar surface area (TPSA) is 65.6 Å². The minimum absolute atomic E-state index is 0.0186. The number of ether oxygens (including phenoxy) is 1. The van der Waals surface area contributed by atoms with E-state index >= 15 is 0 Å². The summed E-state index contributed by atoms with van der Waals surface area (Å²) in [7, 11) is 1.62. The molecule has 0 radical (unpaired) electrons. The minimum Gasteiger partial charge on any atom is -0.497 e. The Morgan fingerprint density at radius 3 is 2.92 bits per heavy atom. The number of aromatic amines is 1. The van der Waals surface area contributed by atoms with Crippen LogP contribution >= 0.6 is 0 Å². The molecule has 3 rings (SSSR count). The second-order valence-electron chi connectivity index (χ2n) is 6.90. The number of nitrogens with one attached hydrogen (secondary N) is 1. The number of piperidine rings is 1. The molecule has 2 aromatic rings. The van der Waals surface area contributed by atoms with Gasteiger partial charge in [0.15, 0.2) is 0 Å². The highest BCUT2D eigenvalue weighted by atomic mass is 16.5. The third-order valence-corrected chi connectivity index (χ3v) is 5.35. The first-order valence-corrected chi connectivity index (χ1v) is 8.62. The number of H-pyrrole nitrogens is 1. The smallest absolute Gasteiger partial charge is 0.252 e. The third kappa shape index (κ3) is 3.32. The highest BCUT2D eigenvalue weighted by Gasteiger charge is 2.33. The molecule has 1 aliphatic heterocycles. The molecule has 1 fully saturated rings. The second-order valence-corrected chi connectivity index (χ2v) is 6.90. The van der Waals surface area contributed by atoms with E-state index in [2.05, 4.69) is 16.8 Å². The number of rotatable bonds is 5. The number of aliphatic hydroxyl groups excluding tert-OH is 1. The van der Waals surface area contributed by atoms with E-state index in [1.54, 1.807) is 7.11 Å². The third-order valence-electron chi connectivity index (χ3n) is 5.35. The maximum Gasteiger partial charge on any atom is 0.252 e. The Balaban J connectivity index is 1.84. The van der Waals surface area contributed by atoms with Crippen molar-refractivity contribution >= 4 is 10.9 Å². The molecule has 24 heavy (non-hydrogen) atoms. The molecule has 5 heteroatoms. The van der Waals surface area contributed by atoms with Crippen LogP contribution in [0.3, 0.4) is 0 Å². The van der Waals surface area contributed by atoms with Gasteiger partial charge in [-0.25, -0.2) is 0 Å². The van der Waals surface area contributed by atoms with Gasteiger partial charge in [-0.3, -0.25) is 9.69 Å². The van der Waals surface area contributed by atoms with Gasteiger partial charge in [-0.15, -0.1) is 0 Å². The van der Waals surface area contributed by atoms with Crippen molar-refractivity contribution in [1.82, 2.24) is 9.88 Å². The SMILES string of the molecule is CCC1(CO)CCCN(Cc2cc3ccc(OC)cc3[nH]c2=O)C1. The zero-order valence-corrected chi connectivity index (χ0v) is 14.5. The zero-order valence-electron chi connectivity index (χ0n) is 14.5. The molecule has 1 aliphatic rings. The predicted molar refractivity (Wildman–Crippen MR) is 95.4 cm³/mol. The van der Waals surface area contributed by atoms with Crippen LogP contribution in [0.15, 0.2) is 29.1 Å². The number of fused-ring (bicyclic) bond motifs is 1. The summed E-state index contributed by atoms with van der Waals surface area (Å²) in [5.41, 5.74) is 1.50. The molecular formula is C19H26N2O3. The first-order valence-electron chi connectivity index (χ1n) is 8.62. The van der Waals surface area contributed by atoms with E-state index in [4.69, 9.17) is 4.74 Å². The van der Waals surface area contributed by atoms with Crippen LogP contribution in [-0.4, -0.2) is 41.8 Å². The fourth-order valence-electron chi connectivity index (χ4n) is 3.69. The van der Waals surface area contributed by atoms with E-state index < -0.39 is 0 Å². The molecule has 1 aromatic heterocycles. The van der Waals surface area contributed by atoms with Crippen molar-refractivity contribution in [3.63, 3.8) is 0 Å². The molecule has 0 amide bonds. The van der Waals surface area contributed by atoms with Gasteiger partial charge in [0, 0.05) is 36.7 Å². The molecule has 1 unspecified atom stereocenters. The quantitative estimate of drug-likeness (QED) is 0.884. The molecule has 2 N–H and O–H groups in total. The number of likely N-dealkylation sites (tertiary alicyclic amines) is 1. The maximum absolute atomic E-state index is 12.4. The molecule has 5 nitrogen and oxygen atoms in total. The van der Waals surface area contributed by atoms with Gasteiger partial charge in [0.05, 0.1) is 12.6 Å². The first kappa shape index (κ1) is 17.0. The van der Waals surface area contributed by atoms with E-state index in [1.165, 1.54) is 0 Å². The Kier molecular flexibility index (Phi) is 4.92. The summed E-state index contributed by atoms with van der Waals surface area (Å²) in [5, 5.41) is 10.8. The van der Waals surface area contributed by atoms with Gasteiger partial charge in [-0.1, -0.05) is 6.92 Å². The van der Waals surface area contributed by atoms with Crippen LogP contribution in [0.4, 0.5) is 0 Å². The Hall–Kier alpha value is -1.85. The summed E-state index contributed by atoms with van der Waals surface area (Å²) in [6, 6.07) is 7.68. The number of benzene rings is 1. The van der Waals surface area contributed by atoms with Gasteiger partial charge < -0.3 is 14.8 Å². The largest absolute Gasteiger partial charge is 0.497 e. The van der Waals surface area contributed by atoms with E-state index in [1.807, 2.05) is 24.3 Å². The number of aliphatic hydroxyl groups is 1. The lowest BCUT2D eigenvalue weighted by Gasteiger charge is -2.41. The Morgan fingerprint density at radius 1 is 1.38 bits per heavy atom. The number of pyridine rings is 1. The fourth-order valence-corrected chi connectivity index (χ4v) is 3.69. The molecular weight excluding hydrogens is 304 g/mol. The average molecular weight is 330 g/mol. The van der Waals surface area contributed by atoms with Crippen molar-refractivity contribution in [2.45, 2.75) is 32.7 Å². The number of hydrogen-bond acceptors (Lipinski definition) is 4. The van der Waals surface area contributed by atoms with E-state index in [-0.39, 0.29) is 17.6 Å². The van der Waals surface area contributed by atoms with Gasteiger partial charge in [0.1, 0.15) is 5.75 Å². The highest BCUT2D eigenvalue weighted by molar-refractivity contribution is 5.80. The van der Waals surface area contributed by atoms with Crippen molar-refractivity contribution < 1.29 is 9.84 Å². The average Bonchev–Trinajstić information content (AvgIpc) is 2.62. The van der Waals surface area contributed by atoms with Crippen LogP contribution in [0.1, 0.15) is 31.7 Å². The van der Waals surface area contributed by atoms with E-state index in [0.717, 1.165) is 54.6 Å². The molecule has 2 heterocycles. The normalized spacial score (nSPS) is 22.0. The summed E-state index contributed by atoms with van der Waals surface area (Å²) in [5.74, 6) is 0.734. The Bertz CT molecular complexity index is 765. The second kappa shape index (κ2) is 6.95. The van der Waals surface area contributed by atoms with E-state index in [0.29, 0.717) is 6.54 Å². The van der Waals surface area contributed by atoms with Crippen molar-refractivity contribution in [2.75, 3.05) is 26.8 Å². The van der Waals surface area contributed by atoms with Gasteiger partial charge >= 0.3 is 0 Å². The Morgan fingerprint density at radius 2 is 2.21 bits per heavy atom. The number of hydrogen-bond donors (Lipinski definition) is 2. The number of methoxy groups -OCH3 is 1. The summed E-state index contributed by atoms with van der Waals surface area (Å²) < 4.78 is 5.21. The van der Waals surface area contributed by atoms with Crippen LogP contribution in [0.25, 0.3) is 10.9 Å².